The van der Waals surface area contributed by atoms with Crippen LogP contribution in [0.15, 0.2) is 55.0 Å². The largest absolute Gasteiger partial charge is 0.382 e. The van der Waals surface area contributed by atoms with Crippen LogP contribution in [-0.4, -0.2) is 53.2 Å². The lowest BCUT2D eigenvalue weighted by atomic mass is 10.2. The summed E-state index contributed by atoms with van der Waals surface area (Å²) >= 11 is 0. The summed E-state index contributed by atoms with van der Waals surface area (Å²) in [6.45, 7) is 2.78. The number of carbonyl (C=O) groups excluding carboxylic acids is 1. The van der Waals surface area contributed by atoms with Crippen molar-refractivity contribution in [2.24, 2.45) is 0 Å². The Kier molecular flexibility index (Phi) is 6.87. The molecular weight excluding hydrogens is 406 g/mol. The highest BCUT2D eigenvalue weighted by molar-refractivity contribution is 6.08. The zero-order valence-corrected chi connectivity index (χ0v) is 17.3. The minimum absolute atomic E-state index is 0.000493. The van der Waals surface area contributed by atoms with Crippen molar-refractivity contribution in [1.82, 2.24) is 20.3 Å². The monoisotopic (exact) mass is 429 g/mol. The summed E-state index contributed by atoms with van der Waals surface area (Å²) in [5.74, 6) is 3.16. The van der Waals surface area contributed by atoms with E-state index in [2.05, 4.69) is 42.1 Å². The van der Waals surface area contributed by atoms with Gasteiger partial charge in [-0.05, 0) is 18.1 Å². The number of pyridine rings is 1. The van der Waals surface area contributed by atoms with Gasteiger partial charge in [-0.15, -0.1) is 6.42 Å². The molecule has 4 N–H and O–H groups in total. The molecule has 0 radical (unpaired) electrons. The van der Waals surface area contributed by atoms with Crippen LogP contribution in [0.1, 0.15) is 16.1 Å². The maximum atomic E-state index is 12.9. The van der Waals surface area contributed by atoms with Crippen LogP contribution >= 0.6 is 0 Å². The first kappa shape index (κ1) is 21.2. The molecule has 0 spiro atoms. The first-order chi connectivity index (χ1) is 15.7. The number of nitrogens with one attached hydrogen (secondary N) is 4. The number of nitrogens with zero attached hydrogens (tertiary/aromatic N) is 3. The van der Waals surface area contributed by atoms with E-state index in [0.29, 0.717) is 47.4 Å². The van der Waals surface area contributed by atoms with Gasteiger partial charge in [0.1, 0.15) is 17.3 Å². The summed E-state index contributed by atoms with van der Waals surface area (Å²) in [6, 6.07) is 11.0. The second-order valence-corrected chi connectivity index (χ2v) is 7.07. The van der Waals surface area contributed by atoms with Crippen LogP contribution in [0, 0.1) is 12.3 Å². The van der Waals surface area contributed by atoms with E-state index >= 15 is 0 Å². The molecule has 3 heterocycles. The van der Waals surface area contributed by atoms with Crippen molar-refractivity contribution >= 4 is 28.9 Å². The second kappa shape index (κ2) is 10.3. The third kappa shape index (κ3) is 5.57. The third-order valence-corrected chi connectivity index (χ3v) is 4.76. The number of ether oxygens (including phenoxy) is 1. The minimum atomic E-state index is -0.265. The van der Waals surface area contributed by atoms with E-state index in [-0.39, 0.29) is 12.0 Å². The third-order valence-electron chi connectivity index (χ3n) is 4.76. The van der Waals surface area contributed by atoms with Gasteiger partial charge >= 0.3 is 0 Å². The number of para-hydroxylation sites is 1. The smallest absolute Gasteiger partial charge is 0.259 e. The number of amides is 1. The highest BCUT2D eigenvalue weighted by Crippen LogP contribution is 2.22. The van der Waals surface area contributed by atoms with E-state index in [1.807, 2.05) is 30.3 Å². The van der Waals surface area contributed by atoms with Crippen molar-refractivity contribution in [3.63, 3.8) is 0 Å². The molecule has 2 aromatic heterocycles. The van der Waals surface area contributed by atoms with E-state index in [9.17, 15) is 4.79 Å². The van der Waals surface area contributed by atoms with Gasteiger partial charge in [-0.1, -0.05) is 18.2 Å². The summed E-state index contributed by atoms with van der Waals surface area (Å²) < 4.78 is 5.75. The zero-order chi connectivity index (χ0) is 22.2. The minimum Gasteiger partial charge on any atom is -0.382 e. The summed E-state index contributed by atoms with van der Waals surface area (Å²) in [5.41, 5.74) is 2.18. The standard InChI is InChI=1S/C23H23N7O2/c1-2-16-11-27-22(15-25-16)30-21-10-20(26-13-18-12-24-8-9-32-18)19(14-28-21)23(31)29-17-6-4-3-5-7-17/h1,3-7,10-11,14-15,18,24H,8-9,12-13H2,(H,29,31)(H2,26,27,28,30). The zero-order valence-electron chi connectivity index (χ0n) is 17.3. The Labute approximate surface area is 186 Å². The van der Waals surface area contributed by atoms with Crippen LogP contribution in [0.3, 0.4) is 0 Å². The van der Waals surface area contributed by atoms with Gasteiger partial charge in [0.15, 0.2) is 0 Å². The molecule has 4 rings (SSSR count). The SMILES string of the molecule is C#Cc1cnc(Nc2cc(NCC3CNCCO3)c(C(=O)Nc3ccccc3)cn2)cn1. The number of rotatable bonds is 7. The Morgan fingerprint density at radius 2 is 2.00 bits per heavy atom. The first-order valence-corrected chi connectivity index (χ1v) is 10.2. The van der Waals surface area contributed by atoms with Gasteiger partial charge in [-0.2, -0.15) is 0 Å². The summed E-state index contributed by atoms with van der Waals surface area (Å²) in [5, 5.41) is 12.6. The average Bonchev–Trinajstić information content (AvgIpc) is 2.84. The number of hydrogen-bond donors (Lipinski definition) is 4. The average molecular weight is 429 g/mol. The molecule has 0 bridgehead atoms. The van der Waals surface area contributed by atoms with Gasteiger partial charge in [0.25, 0.3) is 5.91 Å². The van der Waals surface area contributed by atoms with Crippen LogP contribution in [-0.2, 0) is 4.74 Å². The predicted molar refractivity (Wildman–Crippen MR) is 123 cm³/mol. The quantitative estimate of drug-likeness (QED) is 0.423. The Morgan fingerprint density at radius 1 is 1.16 bits per heavy atom. The molecular formula is C23H23N7O2. The van der Waals surface area contributed by atoms with E-state index < -0.39 is 0 Å². The molecule has 1 unspecified atom stereocenters. The number of morpholine rings is 1. The lowest BCUT2D eigenvalue weighted by molar-refractivity contribution is 0.0372. The van der Waals surface area contributed by atoms with Gasteiger partial charge < -0.3 is 26.0 Å². The molecule has 0 saturated carbocycles. The van der Waals surface area contributed by atoms with Crippen molar-refractivity contribution in [3.05, 3.63) is 66.2 Å². The van der Waals surface area contributed by atoms with Crippen LogP contribution in [0.5, 0.6) is 0 Å². The molecule has 1 fully saturated rings. The van der Waals surface area contributed by atoms with Gasteiger partial charge in [0.05, 0.1) is 36.4 Å². The molecule has 1 aromatic carbocycles. The number of hydrogen-bond acceptors (Lipinski definition) is 8. The number of benzene rings is 1. The molecule has 1 amide bonds. The molecule has 1 aliphatic heterocycles. The number of terminal acetylenes is 1. The van der Waals surface area contributed by atoms with Crippen LogP contribution in [0.25, 0.3) is 0 Å². The van der Waals surface area contributed by atoms with Crippen molar-refractivity contribution in [3.8, 4) is 12.3 Å². The van der Waals surface area contributed by atoms with Crippen LogP contribution < -0.4 is 21.3 Å². The molecule has 9 nitrogen and oxygen atoms in total. The van der Waals surface area contributed by atoms with Gasteiger partial charge in [0.2, 0.25) is 0 Å². The maximum Gasteiger partial charge on any atom is 0.259 e. The van der Waals surface area contributed by atoms with Crippen molar-refractivity contribution in [2.45, 2.75) is 6.10 Å². The van der Waals surface area contributed by atoms with Gasteiger partial charge in [-0.3, -0.25) is 4.79 Å². The molecule has 32 heavy (non-hydrogen) atoms. The van der Waals surface area contributed by atoms with E-state index in [4.69, 9.17) is 11.2 Å². The Bertz CT molecular complexity index is 1090. The first-order valence-electron chi connectivity index (χ1n) is 10.2. The fourth-order valence-corrected chi connectivity index (χ4v) is 3.14. The van der Waals surface area contributed by atoms with Crippen molar-refractivity contribution < 1.29 is 9.53 Å². The lowest BCUT2D eigenvalue weighted by Gasteiger charge is -2.24. The Balaban J connectivity index is 1.54. The fourth-order valence-electron chi connectivity index (χ4n) is 3.14. The molecule has 3 aromatic rings. The summed E-state index contributed by atoms with van der Waals surface area (Å²) in [7, 11) is 0. The molecule has 1 atom stereocenters. The molecule has 162 valence electrons. The van der Waals surface area contributed by atoms with Gasteiger partial charge in [0, 0.05) is 37.6 Å². The van der Waals surface area contributed by atoms with Crippen LogP contribution in [0.2, 0.25) is 0 Å². The molecule has 9 heteroatoms. The Morgan fingerprint density at radius 3 is 2.72 bits per heavy atom. The normalized spacial score (nSPS) is 15.4. The number of carbonyl (C=O) groups is 1. The van der Waals surface area contributed by atoms with E-state index in [1.54, 1.807) is 6.07 Å². The maximum absolute atomic E-state index is 12.9. The predicted octanol–water partition coefficient (Wildman–Crippen LogP) is 2.25. The van der Waals surface area contributed by atoms with E-state index in [1.165, 1.54) is 18.6 Å². The van der Waals surface area contributed by atoms with Crippen molar-refractivity contribution in [2.75, 3.05) is 42.2 Å². The summed E-state index contributed by atoms with van der Waals surface area (Å²) in [4.78, 5) is 25.6. The number of anilines is 4. The number of aromatic nitrogens is 3. The topological polar surface area (TPSA) is 113 Å². The van der Waals surface area contributed by atoms with E-state index in [0.717, 1.165) is 13.1 Å². The lowest BCUT2D eigenvalue weighted by Crippen LogP contribution is -2.42. The second-order valence-electron chi connectivity index (χ2n) is 7.07. The highest BCUT2D eigenvalue weighted by atomic mass is 16.5. The molecule has 0 aliphatic carbocycles. The van der Waals surface area contributed by atoms with Crippen molar-refractivity contribution in [1.29, 1.82) is 0 Å². The highest BCUT2D eigenvalue weighted by Gasteiger charge is 2.17. The summed E-state index contributed by atoms with van der Waals surface area (Å²) in [6.07, 6.45) is 9.87. The molecule has 1 saturated heterocycles. The Hall–Kier alpha value is -4.00. The fraction of sp³-hybridized carbons (Fsp3) is 0.217. The molecule has 1 aliphatic rings. The van der Waals surface area contributed by atoms with Gasteiger partial charge in [-0.25, -0.2) is 15.0 Å². The van der Waals surface area contributed by atoms with Crippen LogP contribution in [0.4, 0.5) is 23.0 Å².